The Kier molecular flexibility index (Phi) is 7.65. The zero-order valence-corrected chi connectivity index (χ0v) is 9.87. The molecule has 0 aromatic heterocycles. The summed E-state index contributed by atoms with van der Waals surface area (Å²) in [6.45, 7) is 9.09. The largest absolute Gasteiger partial charge is 0.344 e. The second-order valence-corrected chi connectivity index (χ2v) is 4.63. The predicted octanol–water partition coefficient (Wildman–Crippen LogP) is 4.15. The molecule has 0 bridgehead atoms. The Morgan fingerprint density at radius 2 is 1.55 bits per heavy atom. The Balaban J connectivity index is 0. The van der Waals surface area contributed by atoms with Crippen molar-refractivity contribution < 1.29 is 0 Å². The number of alkyl halides is 1. The van der Waals surface area contributed by atoms with Crippen molar-refractivity contribution in [2.45, 2.75) is 51.3 Å². The molecule has 0 heterocycles. The number of hydrogen-bond donors (Lipinski definition) is 1. The average molecular weight is 224 g/mol. The van der Waals surface area contributed by atoms with Crippen LogP contribution in [0.5, 0.6) is 0 Å². The normalized spacial score (nSPS) is 13.9. The number of rotatable bonds is 4. The molecule has 2 heteroatoms. The Hall–Kier alpha value is 0.440. The quantitative estimate of drug-likeness (QED) is 0.715. The second-order valence-electron chi connectivity index (χ2n) is 3.05. The van der Waals surface area contributed by atoms with Crippen LogP contribution in [0.3, 0.4) is 0 Å². The molecule has 0 aromatic carbocycles. The molecule has 0 saturated carbocycles. The van der Waals surface area contributed by atoms with Gasteiger partial charge in [-0.2, -0.15) is 0 Å². The average Bonchev–Trinajstić information content (AvgIpc) is 2.01. The van der Waals surface area contributed by atoms with Gasteiger partial charge in [-0.3, -0.25) is 0 Å². The summed E-state index contributed by atoms with van der Waals surface area (Å²) in [7, 11) is 0. The van der Waals surface area contributed by atoms with Gasteiger partial charge in [-0.15, -0.1) is 0 Å². The Labute approximate surface area is 79.7 Å². The molecule has 0 amide bonds. The van der Waals surface area contributed by atoms with Gasteiger partial charge in [0.1, 0.15) is 0 Å². The molecule has 0 aliphatic rings. The minimum absolute atomic E-state index is 0. The van der Waals surface area contributed by atoms with Crippen LogP contribution >= 0.6 is 15.9 Å². The van der Waals surface area contributed by atoms with Crippen LogP contribution in [0, 0.1) is 5.92 Å². The highest BCUT2D eigenvalue weighted by molar-refractivity contribution is 9.10. The summed E-state index contributed by atoms with van der Waals surface area (Å²) in [6.07, 6.45) is 3.74. The molecule has 0 spiro atoms. The number of hydrogen-bond acceptors (Lipinski definition) is 1. The second kappa shape index (κ2) is 6.01. The third-order valence-corrected chi connectivity index (χ3v) is 4.57. The first-order valence-electron chi connectivity index (χ1n) is 4.29. The third kappa shape index (κ3) is 3.57. The smallest absolute Gasteiger partial charge is 0.0278 e. The molecule has 0 radical (unpaired) electrons. The van der Waals surface area contributed by atoms with E-state index in [0.717, 1.165) is 5.92 Å². The minimum Gasteiger partial charge on any atom is -0.344 e. The van der Waals surface area contributed by atoms with Crippen LogP contribution < -0.4 is 6.15 Å². The van der Waals surface area contributed by atoms with E-state index in [1.165, 1.54) is 19.3 Å². The third-order valence-electron chi connectivity index (χ3n) is 2.67. The van der Waals surface area contributed by atoms with Gasteiger partial charge in [0.05, 0.1) is 0 Å². The van der Waals surface area contributed by atoms with Crippen molar-refractivity contribution in [2.75, 3.05) is 0 Å². The van der Waals surface area contributed by atoms with Crippen LogP contribution in [0.2, 0.25) is 0 Å². The van der Waals surface area contributed by atoms with Crippen molar-refractivity contribution in [3.63, 3.8) is 0 Å². The van der Waals surface area contributed by atoms with Crippen LogP contribution in [0.15, 0.2) is 0 Å². The fraction of sp³-hybridized carbons (Fsp3) is 1.00. The van der Waals surface area contributed by atoms with E-state index in [4.69, 9.17) is 0 Å². The summed E-state index contributed by atoms with van der Waals surface area (Å²) in [5.41, 5.74) is 0. The molecule has 11 heavy (non-hydrogen) atoms. The van der Waals surface area contributed by atoms with Crippen molar-refractivity contribution in [1.82, 2.24) is 6.15 Å². The topological polar surface area (TPSA) is 35.0 Å². The van der Waals surface area contributed by atoms with Crippen LogP contribution in [0.1, 0.15) is 47.0 Å². The van der Waals surface area contributed by atoms with Gasteiger partial charge in [-0.25, -0.2) is 0 Å². The minimum atomic E-state index is 0. The van der Waals surface area contributed by atoms with Crippen LogP contribution in [-0.4, -0.2) is 4.32 Å². The lowest BCUT2D eigenvalue weighted by molar-refractivity contribution is 0.381. The van der Waals surface area contributed by atoms with Crippen molar-refractivity contribution in [3.8, 4) is 0 Å². The van der Waals surface area contributed by atoms with Crippen molar-refractivity contribution >= 4 is 15.9 Å². The summed E-state index contributed by atoms with van der Waals surface area (Å²) in [4.78, 5) is 0. The van der Waals surface area contributed by atoms with Gasteiger partial charge in [-0.1, -0.05) is 50.0 Å². The van der Waals surface area contributed by atoms with Gasteiger partial charge in [0.25, 0.3) is 0 Å². The molecule has 1 nitrogen and oxygen atoms in total. The fourth-order valence-electron chi connectivity index (χ4n) is 1.31. The van der Waals surface area contributed by atoms with Crippen LogP contribution in [0.25, 0.3) is 0 Å². The number of halogens is 1. The Bertz CT molecular complexity index is 89.6. The molecule has 1 atom stereocenters. The van der Waals surface area contributed by atoms with E-state index in [2.05, 4.69) is 43.6 Å². The summed E-state index contributed by atoms with van der Waals surface area (Å²) < 4.78 is 0.405. The monoisotopic (exact) mass is 223 g/mol. The highest BCUT2D eigenvalue weighted by Crippen LogP contribution is 2.36. The first-order chi connectivity index (χ1) is 4.60. The van der Waals surface area contributed by atoms with Crippen molar-refractivity contribution in [1.29, 1.82) is 0 Å². The van der Waals surface area contributed by atoms with Gasteiger partial charge in [0, 0.05) is 4.32 Å². The van der Waals surface area contributed by atoms with Gasteiger partial charge >= 0.3 is 0 Å². The molecule has 0 saturated heterocycles. The zero-order valence-electron chi connectivity index (χ0n) is 8.28. The molecular weight excluding hydrogens is 202 g/mol. The highest BCUT2D eigenvalue weighted by Gasteiger charge is 2.27. The maximum atomic E-state index is 3.81. The van der Waals surface area contributed by atoms with Crippen molar-refractivity contribution in [3.05, 3.63) is 0 Å². The molecule has 0 rings (SSSR count). The van der Waals surface area contributed by atoms with Gasteiger partial charge < -0.3 is 6.15 Å². The first kappa shape index (κ1) is 14.0. The SMILES string of the molecule is CCC(C)C(Br)(CC)CC.N. The van der Waals surface area contributed by atoms with E-state index in [1.807, 2.05) is 0 Å². The summed E-state index contributed by atoms with van der Waals surface area (Å²) in [6, 6.07) is 0. The molecular formula is C9H22BrN. The zero-order chi connectivity index (χ0) is 8.20. The summed E-state index contributed by atoms with van der Waals surface area (Å²) in [5, 5.41) is 0. The predicted molar refractivity (Wildman–Crippen MR) is 56.7 cm³/mol. The van der Waals surface area contributed by atoms with E-state index in [0.29, 0.717) is 4.32 Å². The molecule has 0 fully saturated rings. The molecule has 3 N–H and O–H groups in total. The van der Waals surface area contributed by atoms with Gasteiger partial charge in [-0.05, 0) is 18.8 Å². The molecule has 0 aliphatic carbocycles. The molecule has 70 valence electrons. The fourth-order valence-corrected chi connectivity index (χ4v) is 1.64. The Morgan fingerprint density at radius 1 is 1.18 bits per heavy atom. The van der Waals surface area contributed by atoms with E-state index in [-0.39, 0.29) is 6.15 Å². The standard InChI is InChI=1S/C9H19Br.H3N/c1-5-8(4)9(10,6-2)7-3;/h8H,5-7H2,1-4H3;1H3. The van der Waals surface area contributed by atoms with Gasteiger partial charge in [0.2, 0.25) is 0 Å². The lowest BCUT2D eigenvalue weighted by Crippen LogP contribution is -2.27. The van der Waals surface area contributed by atoms with E-state index in [9.17, 15) is 0 Å². The van der Waals surface area contributed by atoms with E-state index >= 15 is 0 Å². The molecule has 0 aliphatic heterocycles. The first-order valence-corrected chi connectivity index (χ1v) is 5.08. The highest BCUT2D eigenvalue weighted by atomic mass is 79.9. The van der Waals surface area contributed by atoms with Crippen LogP contribution in [0.4, 0.5) is 0 Å². The van der Waals surface area contributed by atoms with E-state index < -0.39 is 0 Å². The van der Waals surface area contributed by atoms with Crippen LogP contribution in [-0.2, 0) is 0 Å². The van der Waals surface area contributed by atoms with E-state index in [1.54, 1.807) is 0 Å². The lowest BCUT2D eigenvalue weighted by Gasteiger charge is -2.30. The summed E-state index contributed by atoms with van der Waals surface area (Å²) >= 11 is 3.81. The lowest BCUT2D eigenvalue weighted by atomic mass is 9.87. The Morgan fingerprint density at radius 3 is 1.64 bits per heavy atom. The maximum Gasteiger partial charge on any atom is 0.0278 e. The van der Waals surface area contributed by atoms with Crippen molar-refractivity contribution in [2.24, 2.45) is 5.92 Å². The van der Waals surface area contributed by atoms with Gasteiger partial charge in [0.15, 0.2) is 0 Å². The molecule has 1 unspecified atom stereocenters. The molecule has 0 aromatic rings. The maximum absolute atomic E-state index is 3.81. The summed E-state index contributed by atoms with van der Waals surface area (Å²) in [5.74, 6) is 0.794.